The molecule has 2 aliphatic rings. The van der Waals surface area contributed by atoms with E-state index in [0.717, 1.165) is 58.4 Å². The molecule has 0 bridgehead atoms. The molecule has 0 aromatic heterocycles. The quantitative estimate of drug-likeness (QED) is 0.843. The first-order valence-corrected chi connectivity index (χ1v) is 9.72. The Morgan fingerprint density at radius 1 is 1.27 bits per heavy atom. The number of carbonyl (C=O) groups is 1. The largest absolute Gasteiger partial charge is 0.392 e. The number of aryl methyl sites for hydroxylation is 1. The van der Waals surface area contributed by atoms with Gasteiger partial charge in [0.2, 0.25) is 5.91 Å². The summed E-state index contributed by atoms with van der Waals surface area (Å²) in [7, 11) is 0. The Hall–Kier alpha value is -1.50. The molecular formula is C20H30FN3O2. The van der Waals surface area contributed by atoms with E-state index in [1.165, 1.54) is 6.07 Å². The molecule has 2 fully saturated rings. The van der Waals surface area contributed by atoms with E-state index in [9.17, 15) is 14.3 Å². The summed E-state index contributed by atoms with van der Waals surface area (Å²) in [4.78, 5) is 16.9. The van der Waals surface area contributed by atoms with Gasteiger partial charge in [-0.2, -0.15) is 0 Å². The maximum atomic E-state index is 13.5. The van der Waals surface area contributed by atoms with E-state index in [-0.39, 0.29) is 17.8 Å². The zero-order chi connectivity index (χ0) is 18.5. The molecule has 0 aliphatic carbocycles. The van der Waals surface area contributed by atoms with Gasteiger partial charge in [-0.05, 0) is 69.9 Å². The molecule has 2 heterocycles. The first-order chi connectivity index (χ1) is 12.5. The van der Waals surface area contributed by atoms with Gasteiger partial charge in [0.15, 0.2) is 0 Å². The standard InChI is InChI=1S/C20H30FN3O2/c1-15-4-5-16(13-19(15)21)22-20(26)8-12-23-10-6-17(7-11-23)24-9-2-3-18(25)14-24/h4-5,13,17-18,25H,2-3,6-12,14H2,1H3,(H,22,26)/t18-/m1/s1. The van der Waals surface area contributed by atoms with Crippen LogP contribution >= 0.6 is 0 Å². The average molecular weight is 363 g/mol. The van der Waals surface area contributed by atoms with Crippen molar-refractivity contribution < 1.29 is 14.3 Å². The first-order valence-electron chi connectivity index (χ1n) is 9.72. The van der Waals surface area contributed by atoms with Crippen molar-refractivity contribution in [1.82, 2.24) is 9.80 Å². The number of amides is 1. The molecule has 26 heavy (non-hydrogen) atoms. The summed E-state index contributed by atoms with van der Waals surface area (Å²) in [6.07, 6.45) is 4.45. The number of carbonyl (C=O) groups excluding carboxylic acids is 1. The van der Waals surface area contributed by atoms with Crippen molar-refractivity contribution in [3.63, 3.8) is 0 Å². The van der Waals surface area contributed by atoms with Crippen molar-refractivity contribution >= 4 is 11.6 Å². The second kappa shape index (κ2) is 8.93. The molecule has 2 N–H and O–H groups in total. The highest BCUT2D eigenvalue weighted by Crippen LogP contribution is 2.21. The molecule has 1 aromatic carbocycles. The smallest absolute Gasteiger partial charge is 0.225 e. The van der Waals surface area contributed by atoms with Gasteiger partial charge in [-0.25, -0.2) is 4.39 Å². The van der Waals surface area contributed by atoms with Crippen molar-refractivity contribution in [2.45, 2.75) is 51.2 Å². The van der Waals surface area contributed by atoms with Crippen molar-refractivity contribution in [2.75, 3.05) is 38.0 Å². The summed E-state index contributed by atoms with van der Waals surface area (Å²) < 4.78 is 13.5. The number of piperidine rings is 2. The Bertz CT molecular complexity index is 617. The van der Waals surface area contributed by atoms with Gasteiger partial charge in [-0.1, -0.05) is 6.07 Å². The lowest BCUT2D eigenvalue weighted by Crippen LogP contribution is -2.49. The number of rotatable bonds is 5. The highest BCUT2D eigenvalue weighted by atomic mass is 19.1. The average Bonchev–Trinajstić information content (AvgIpc) is 2.63. The molecule has 0 saturated carbocycles. The number of benzene rings is 1. The van der Waals surface area contributed by atoms with Crippen LogP contribution in [0.1, 0.15) is 37.7 Å². The molecule has 5 nitrogen and oxygen atoms in total. The molecule has 3 rings (SSSR count). The SMILES string of the molecule is Cc1ccc(NC(=O)CCN2CCC(N3CCC[C@@H](O)C3)CC2)cc1F. The Morgan fingerprint density at radius 2 is 2.04 bits per heavy atom. The monoisotopic (exact) mass is 363 g/mol. The van der Waals surface area contributed by atoms with E-state index in [1.807, 2.05) is 0 Å². The van der Waals surface area contributed by atoms with Crippen molar-refractivity contribution in [1.29, 1.82) is 0 Å². The summed E-state index contributed by atoms with van der Waals surface area (Å²) in [6.45, 7) is 6.31. The summed E-state index contributed by atoms with van der Waals surface area (Å²) in [5.74, 6) is -0.373. The van der Waals surface area contributed by atoms with Crippen LogP contribution in [0.2, 0.25) is 0 Å². The van der Waals surface area contributed by atoms with E-state index in [2.05, 4.69) is 15.1 Å². The second-order valence-electron chi connectivity index (χ2n) is 7.63. The van der Waals surface area contributed by atoms with E-state index < -0.39 is 0 Å². The van der Waals surface area contributed by atoms with Crippen LogP contribution in [-0.2, 0) is 4.79 Å². The molecule has 1 amide bonds. The Kier molecular flexibility index (Phi) is 6.62. The van der Waals surface area contributed by atoms with Gasteiger partial charge in [0.25, 0.3) is 0 Å². The number of aliphatic hydroxyl groups is 1. The third-order valence-electron chi connectivity index (χ3n) is 5.61. The fourth-order valence-corrected chi connectivity index (χ4v) is 3.98. The third kappa shape index (κ3) is 5.25. The van der Waals surface area contributed by atoms with Crippen LogP contribution in [0.3, 0.4) is 0 Å². The van der Waals surface area contributed by atoms with Crippen LogP contribution in [0.4, 0.5) is 10.1 Å². The van der Waals surface area contributed by atoms with E-state index in [0.29, 0.717) is 23.7 Å². The van der Waals surface area contributed by atoms with Gasteiger partial charge in [0.1, 0.15) is 5.82 Å². The minimum Gasteiger partial charge on any atom is -0.392 e. The van der Waals surface area contributed by atoms with Gasteiger partial charge in [-0.15, -0.1) is 0 Å². The van der Waals surface area contributed by atoms with Crippen LogP contribution < -0.4 is 5.32 Å². The second-order valence-corrected chi connectivity index (χ2v) is 7.63. The van der Waals surface area contributed by atoms with Gasteiger partial charge in [-0.3, -0.25) is 9.69 Å². The van der Waals surface area contributed by atoms with Gasteiger partial charge in [0, 0.05) is 31.2 Å². The van der Waals surface area contributed by atoms with Crippen molar-refractivity contribution in [3.05, 3.63) is 29.6 Å². The van der Waals surface area contributed by atoms with Crippen molar-refractivity contribution in [3.8, 4) is 0 Å². The lowest BCUT2D eigenvalue weighted by molar-refractivity contribution is -0.116. The van der Waals surface area contributed by atoms with Gasteiger partial charge < -0.3 is 15.3 Å². The molecule has 0 spiro atoms. The minimum absolute atomic E-state index is 0.0745. The molecule has 0 radical (unpaired) electrons. The number of halogens is 1. The molecule has 144 valence electrons. The molecule has 6 heteroatoms. The molecule has 0 unspecified atom stereocenters. The third-order valence-corrected chi connectivity index (χ3v) is 5.61. The molecular weight excluding hydrogens is 333 g/mol. The number of aliphatic hydroxyl groups excluding tert-OH is 1. The summed E-state index contributed by atoms with van der Waals surface area (Å²) >= 11 is 0. The van der Waals surface area contributed by atoms with Crippen LogP contribution in [-0.4, -0.2) is 65.7 Å². The topological polar surface area (TPSA) is 55.8 Å². The van der Waals surface area contributed by atoms with Gasteiger partial charge >= 0.3 is 0 Å². The van der Waals surface area contributed by atoms with Gasteiger partial charge in [0.05, 0.1) is 6.10 Å². The predicted octanol–water partition coefficient (Wildman–Crippen LogP) is 2.38. The van der Waals surface area contributed by atoms with Crippen LogP contribution in [0.5, 0.6) is 0 Å². The molecule has 1 atom stereocenters. The van der Waals surface area contributed by atoms with Crippen LogP contribution in [0, 0.1) is 12.7 Å². The Balaban J connectivity index is 1.38. The zero-order valence-electron chi connectivity index (χ0n) is 15.6. The normalized spacial score (nSPS) is 23.1. The Labute approximate surface area is 155 Å². The van der Waals surface area contributed by atoms with E-state index in [1.54, 1.807) is 19.1 Å². The number of nitrogens with zero attached hydrogens (tertiary/aromatic N) is 2. The van der Waals surface area contributed by atoms with Crippen LogP contribution in [0.15, 0.2) is 18.2 Å². The maximum absolute atomic E-state index is 13.5. The summed E-state index contributed by atoms with van der Waals surface area (Å²) in [5.41, 5.74) is 1.09. The van der Waals surface area contributed by atoms with E-state index >= 15 is 0 Å². The lowest BCUT2D eigenvalue weighted by Gasteiger charge is -2.41. The number of anilines is 1. The van der Waals surface area contributed by atoms with Crippen LogP contribution in [0.25, 0.3) is 0 Å². The molecule has 2 aliphatic heterocycles. The maximum Gasteiger partial charge on any atom is 0.225 e. The molecule has 1 aromatic rings. The number of hydrogen-bond donors (Lipinski definition) is 2. The highest BCUT2D eigenvalue weighted by molar-refractivity contribution is 5.90. The summed E-state index contributed by atoms with van der Waals surface area (Å²) in [5, 5.41) is 12.6. The first kappa shape index (κ1) is 19.3. The number of likely N-dealkylation sites (tertiary alicyclic amines) is 2. The summed E-state index contributed by atoms with van der Waals surface area (Å²) in [6, 6.07) is 5.33. The lowest BCUT2D eigenvalue weighted by atomic mass is 9.99. The fraction of sp³-hybridized carbons (Fsp3) is 0.650. The minimum atomic E-state index is -0.298. The highest BCUT2D eigenvalue weighted by Gasteiger charge is 2.28. The zero-order valence-corrected chi connectivity index (χ0v) is 15.6. The number of β-amino-alcohol motifs (C(OH)–C–C–N with tert-alkyl or cyclic N) is 1. The number of nitrogens with one attached hydrogen (secondary N) is 1. The predicted molar refractivity (Wildman–Crippen MR) is 101 cm³/mol. The Morgan fingerprint density at radius 3 is 2.73 bits per heavy atom. The molecule has 2 saturated heterocycles. The number of hydrogen-bond acceptors (Lipinski definition) is 4. The fourth-order valence-electron chi connectivity index (χ4n) is 3.98. The van der Waals surface area contributed by atoms with E-state index in [4.69, 9.17) is 0 Å². The van der Waals surface area contributed by atoms with Crippen molar-refractivity contribution in [2.24, 2.45) is 0 Å².